The zero-order valence-corrected chi connectivity index (χ0v) is 16.0. The van der Waals surface area contributed by atoms with Crippen LogP contribution >= 0.6 is 23.4 Å². The molecule has 1 N–H and O–H groups in total. The van der Waals surface area contributed by atoms with Crippen molar-refractivity contribution in [1.29, 1.82) is 0 Å². The van der Waals surface area contributed by atoms with E-state index < -0.39 is 0 Å². The smallest absolute Gasteiger partial charge is 0.104 e. The average molecular weight is 369 g/mol. The number of rotatable bonds is 4. The van der Waals surface area contributed by atoms with Crippen LogP contribution < -0.4 is 0 Å². The Morgan fingerprint density at radius 1 is 1.12 bits per heavy atom. The molecule has 1 aliphatic rings. The highest BCUT2D eigenvalue weighted by molar-refractivity contribution is 8.02. The van der Waals surface area contributed by atoms with E-state index in [0.717, 1.165) is 23.5 Å². The molecule has 4 heteroatoms. The van der Waals surface area contributed by atoms with Crippen LogP contribution in [0.1, 0.15) is 29.0 Å². The highest BCUT2D eigenvalue weighted by atomic mass is 35.5. The number of aromatic nitrogens is 1. The van der Waals surface area contributed by atoms with Crippen molar-refractivity contribution in [3.63, 3.8) is 0 Å². The Hall–Kier alpha value is -1.84. The molecule has 0 spiro atoms. The van der Waals surface area contributed by atoms with Crippen LogP contribution in [0.15, 0.2) is 59.8 Å². The van der Waals surface area contributed by atoms with Crippen molar-refractivity contribution in [2.45, 2.75) is 25.6 Å². The lowest BCUT2D eigenvalue weighted by atomic mass is 10.1. The third-order valence-electron chi connectivity index (χ3n) is 4.82. The SMILES string of the molecule is CC1=CSC(c2ccc(C)cc2)N1CCc1c[nH]c2ccc(Cl)cc12. The minimum Gasteiger partial charge on any atom is -0.361 e. The van der Waals surface area contributed by atoms with Gasteiger partial charge in [0.05, 0.1) is 0 Å². The average Bonchev–Trinajstić information content (AvgIpc) is 3.17. The van der Waals surface area contributed by atoms with Gasteiger partial charge in [0.25, 0.3) is 0 Å². The minimum atomic E-state index is 0.370. The molecule has 0 aliphatic carbocycles. The van der Waals surface area contributed by atoms with Crippen molar-refractivity contribution in [3.8, 4) is 0 Å². The van der Waals surface area contributed by atoms with Gasteiger partial charge in [-0.25, -0.2) is 0 Å². The minimum absolute atomic E-state index is 0.370. The van der Waals surface area contributed by atoms with Gasteiger partial charge >= 0.3 is 0 Å². The first-order valence-electron chi connectivity index (χ1n) is 8.53. The van der Waals surface area contributed by atoms with Gasteiger partial charge in [0.1, 0.15) is 5.37 Å². The van der Waals surface area contributed by atoms with Gasteiger partial charge in [-0.1, -0.05) is 41.4 Å². The summed E-state index contributed by atoms with van der Waals surface area (Å²) in [6, 6.07) is 14.9. The summed E-state index contributed by atoms with van der Waals surface area (Å²) >= 11 is 8.07. The normalized spacial score (nSPS) is 17.3. The fourth-order valence-corrected chi connectivity index (χ4v) is 4.74. The van der Waals surface area contributed by atoms with Gasteiger partial charge in [-0.05, 0) is 55.0 Å². The lowest BCUT2D eigenvalue weighted by Gasteiger charge is -2.28. The van der Waals surface area contributed by atoms with Gasteiger partial charge in [0, 0.05) is 34.4 Å². The maximum Gasteiger partial charge on any atom is 0.104 e. The molecule has 0 saturated heterocycles. The highest BCUT2D eigenvalue weighted by Crippen LogP contribution is 2.42. The third kappa shape index (κ3) is 3.31. The number of nitrogens with one attached hydrogen (secondary N) is 1. The number of allylic oxidation sites excluding steroid dienone is 1. The zero-order chi connectivity index (χ0) is 17.4. The number of hydrogen-bond acceptors (Lipinski definition) is 2. The molecule has 1 aliphatic heterocycles. The molecule has 0 fully saturated rings. The van der Waals surface area contributed by atoms with Crippen LogP contribution in [0.4, 0.5) is 0 Å². The predicted octanol–water partition coefficient (Wildman–Crippen LogP) is 6.28. The number of H-pyrrole nitrogens is 1. The van der Waals surface area contributed by atoms with Crippen molar-refractivity contribution in [3.05, 3.63) is 81.5 Å². The molecule has 2 heterocycles. The molecule has 0 radical (unpaired) electrons. The number of aryl methyl sites for hydroxylation is 1. The summed E-state index contributed by atoms with van der Waals surface area (Å²) in [5, 5.41) is 4.66. The Kier molecular flexibility index (Phi) is 4.53. The standard InChI is InChI=1S/C21H21ClN2S/c1-14-3-5-16(6-4-14)21-24(15(2)13-25-21)10-9-17-12-23-20-8-7-18(22)11-19(17)20/h3-8,11-13,21,23H,9-10H2,1-2H3. The van der Waals surface area contributed by atoms with E-state index in [1.54, 1.807) is 0 Å². The Morgan fingerprint density at radius 2 is 1.92 bits per heavy atom. The summed E-state index contributed by atoms with van der Waals surface area (Å²) in [6.45, 7) is 5.33. The fraction of sp³-hybridized carbons (Fsp3) is 0.238. The molecule has 1 unspecified atom stereocenters. The maximum absolute atomic E-state index is 6.18. The van der Waals surface area contributed by atoms with E-state index in [-0.39, 0.29) is 0 Å². The van der Waals surface area contributed by atoms with Crippen molar-refractivity contribution in [2.75, 3.05) is 6.54 Å². The van der Waals surface area contributed by atoms with Gasteiger partial charge in [0.2, 0.25) is 0 Å². The lowest BCUT2D eigenvalue weighted by Crippen LogP contribution is -2.24. The van der Waals surface area contributed by atoms with E-state index in [1.807, 2.05) is 23.9 Å². The number of aromatic amines is 1. The molecule has 4 rings (SSSR count). The molecule has 0 amide bonds. The Balaban J connectivity index is 1.54. The molecule has 2 nitrogen and oxygen atoms in total. The van der Waals surface area contributed by atoms with E-state index in [0.29, 0.717) is 5.37 Å². The molecule has 0 saturated carbocycles. The zero-order valence-electron chi connectivity index (χ0n) is 14.4. The molecular weight excluding hydrogens is 348 g/mol. The van der Waals surface area contributed by atoms with Crippen molar-refractivity contribution in [2.24, 2.45) is 0 Å². The number of nitrogens with zero attached hydrogens (tertiary/aromatic N) is 1. The Labute approximate surface area is 157 Å². The maximum atomic E-state index is 6.18. The molecule has 3 aromatic rings. The van der Waals surface area contributed by atoms with Crippen molar-refractivity contribution < 1.29 is 0 Å². The van der Waals surface area contributed by atoms with Gasteiger partial charge in [-0.3, -0.25) is 0 Å². The van der Waals surface area contributed by atoms with Gasteiger partial charge in [-0.15, -0.1) is 11.8 Å². The van der Waals surface area contributed by atoms with Gasteiger partial charge < -0.3 is 9.88 Å². The van der Waals surface area contributed by atoms with Crippen LogP contribution in [0.3, 0.4) is 0 Å². The molecular formula is C21H21ClN2S. The van der Waals surface area contributed by atoms with Crippen molar-refractivity contribution >= 4 is 34.3 Å². The van der Waals surface area contributed by atoms with Crippen molar-refractivity contribution in [1.82, 2.24) is 9.88 Å². The highest BCUT2D eigenvalue weighted by Gasteiger charge is 2.25. The van der Waals surface area contributed by atoms with Crippen LogP contribution in [0.5, 0.6) is 0 Å². The summed E-state index contributed by atoms with van der Waals surface area (Å²) in [5.74, 6) is 0. The second kappa shape index (κ2) is 6.81. The monoisotopic (exact) mass is 368 g/mol. The van der Waals surface area contributed by atoms with Crippen LogP contribution in [0.25, 0.3) is 10.9 Å². The third-order valence-corrected chi connectivity index (χ3v) is 6.31. The van der Waals surface area contributed by atoms with E-state index in [1.165, 1.54) is 27.8 Å². The molecule has 0 bridgehead atoms. The van der Waals surface area contributed by atoms with E-state index >= 15 is 0 Å². The Morgan fingerprint density at radius 3 is 2.72 bits per heavy atom. The molecule has 1 atom stereocenters. The van der Waals surface area contributed by atoms with Crippen LogP contribution in [0.2, 0.25) is 5.02 Å². The number of hydrogen-bond donors (Lipinski definition) is 1. The van der Waals surface area contributed by atoms with E-state index in [2.05, 4.69) is 65.7 Å². The lowest BCUT2D eigenvalue weighted by molar-refractivity contribution is 0.342. The number of fused-ring (bicyclic) bond motifs is 1. The summed E-state index contributed by atoms with van der Waals surface area (Å²) in [4.78, 5) is 5.85. The largest absolute Gasteiger partial charge is 0.361 e. The Bertz CT molecular complexity index is 927. The number of thioether (sulfide) groups is 1. The van der Waals surface area contributed by atoms with Gasteiger partial charge in [0.15, 0.2) is 0 Å². The summed E-state index contributed by atoms with van der Waals surface area (Å²) in [7, 11) is 0. The first-order valence-corrected chi connectivity index (χ1v) is 9.85. The fourth-order valence-electron chi connectivity index (χ4n) is 3.37. The predicted molar refractivity (Wildman–Crippen MR) is 109 cm³/mol. The summed E-state index contributed by atoms with van der Waals surface area (Å²) in [5.41, 5.74) is 6.49. The van der Waals surface area contributed by atoms with Crippen LogP contribution in [0, 0.1) is 6.92 Å². The van der Waals surface area contributed by atoms with Gasteiger partial charge in [-0.2, -0.15) is 0 Å². The first-order chi connectivity index (χ1) is 12.1. The quantitative estimate of drug-likeness (QED) is 0.584. The van der Waals surface area contributed by atoms with Crippen LogP contribution in [-0.2, 0) is 6.42 Å². The van der Waals surface area contributed by atoms with E-state index in [9.17, 15) is 0 Å². The van der Waals surface area contributed by atoms with Crippen LogP contribution in [-0.4, -0.2) is 16.4 Å². The van der Waals surface area contributed by atoms with E-state index in [4.69, 9.17) is 11.6 Å². The molecule has 1 aromatic heterocycles. The summed E-state index contributed by atoms with van der Waals surface area (Å²) in [6.07, 6.45) is 3.11. The first kappa shape index (κ1) is 16.6. The number of halogens is 1. The topological polar surface area (TPSA) is 19.0 Å². The second-order valence-electron chi connectivity index (χ2n) is 6.61. The molecule has 2 aromatic carbocycles. The second-order valence-corrected chi connectivity index (χ2v) is 8.00. The molecule has 25 heavy (non-hydrogen) atoms. The number of benzene rings is 2. The molecule has 128 valence electrons. The summed E-state index contributed by atoms with van der Waals surface area (Å²) < 4.78 is 0.